The van der Waals surface area contributed by atoms with E-state index in [1.54, 1.807) is 0 Å². The van der Waals surface area contributed by atoms with E-state index < -0.39 is 5.60 Å². The summed E-state index contributed by atoms with van der Waals surface area (Å²) in [7, 11) is 1.85. The molecule has 0 aliphatic carbocycles. The molecule has 0 amide bonds. The highest BCUT2D eigenvalue weighted by Crippen LogP contribution is 2.21. The predicted octanol–water partition coefficient (Wildman–Crippen LogP) is 2.35. The molecule has 0 fully saturated rings. The molecule has 108 valence electrons. The van der Waals surface area contributed by atoms with Gasteiger partial charge in [0.15, 0.2) is 0 Å². The number of aromatic nitrogens is 2. The van der Waals surface area contributed by atoms with Crippen LogP contribution in [0.1, 0.15) is 45.0 Å². The molecule has 0 aliphatic heterocycles. The lowest BCUT2D eigenvalue weighted by atomic mass is 10.0. The fraction of sp³-hybridized carbons (Fsp3) is 0.714. The van der Waals surface area contributed by atoms with E-state index in [0.29, 0.717) is 6.54 Å². The Balaban J connectivity index is 2.88. The zero-order valence-corrected chi connectivity index (χ0v) is 12.7. The van der Waals surface area contributed by atoms with Gasteiger partial charge in [0.1, 0.15) is 17.5 Å². The summed E-state index contributed by atoms with van der Waals surface area (Å²) < 4.78 is 0. The second-order valence-corrected chi connectivity index (χ2v) is 5.17. The van der Waals surface area contributed by atoms with Crippen molar-refractivity contribution in [2.75, 3.05) is 24.2 Å². The average molecular weight is 266 g/mol. The molecule has 0 saturated carbocycles. The molecular formula is C14H26N4O. The number of hydrogen-bond donors (Lipinski definition) is 3. The molecule has 0 saturated heterocycles. The minimum atomic E-state index is -0.710. The van der Waals surface area contributed by atoms with Crippen LogP contribution in [-0.4, -0.2) is 34.3 Å². The largest absolute Gasteiger partial charge is 0.388 e. The van der Waals surface area contributed by atoms with E-state index in [0.717, 1.165) is 42.3 Å². The molecule has 3 N–H and O–H groups in total. The first-order valence-corrected chi connectivity index (χ1v) is 6.95. The lowest BCUT2D eigenvalue weighted by molar-refractivity contribution is 0.0636. The van der Waals surface area contributed by atoms with Crippen molar-refractivity contribution in [2.24, 2.45) is 0 Å². The topological polar surface area (TPSA) is 70.1 Å². The van der Waals surface area contributed by atoms with Crippen molar-refractivity contribution in [1.82, 2.24) is 9.97 Å². The van der Waals surface area contributed by atoms with Gasteiger partial charge >= 0.3 is 0 Å². The smallest absolute Gasteiger partial charge is 0.134 e. The molecule has 5 nitrogen and oxygen atoms in total. The molecule has 1 unspecified atom stereocenters. The maximum Gasteiger partial charge on any atom is 0.134 e. The number of rotatable bonds is 7. The van der Waals surface area contributed by atoms with Crippen LogP contribution in [0, 0.1) is 6.92 Å². The molecule has 1 aromatic heterocycles. The second-order valence-electron chi connectivity index (χ2n) is 5.17. The molecule has 1 rings (SSSR count). The summed E-state index contributed by atoms with van der Waals surface area (Å²) in [6, 6.07) is 0. The molecule has 1 heterocycles. The highest BCUT2D eigenvalue weighted by atomic mass is 16.3. The quantitative estimate of drug-likeness (QED) is 0.706. The molecule has 5 heteroatoms. The van der Waals surface area contributed by atoms with Gasteiger partial charge < -0.3 is 15.7 Å². The molecule has 1 atom stereocenters. The highest BCUT2D eigenvalue weighted by molar-refractivity contribution is 5.57. The summed E-state index contributed by atoms with van der Waals surface area (Å²) in [4.78, 5) is 8.92. The van der Waals surface area contributed by atoms with Crippen molar-refractivity contribution in [3.63, 3.8) is 0 Å². The Bertz CT molecular complexity index is 418. The third-order valence-electron chi connectivity index (χ3n) is 3.17. The van der Waals surface area contributed by atoms with E-state index in [4.69, 9.17) is 0 Å². The molecule has 1 aromatic rings. The lowest BCUT2D eigenvalue weighted by Gasteiger charge is -2.24. The third kappa shape index (κ3) is 4.35. The molecule has 0 spiro atoms. The van der Waals surface area contributed by atoms with Crippen molar-refractivity contribution in [3.05, 3.63) is 11.4 Å². The first kappa shape index (κ1) is 15.7. The van der Waals surface area contributed by atoms with E-state index >= 15 is 0 Å². The number of hydrogen-bond acceptors (Lipinski definition) is 5. The fourth-order valence-electron chi connectivity index (χ4n) is 2.04. The van der Waals surface area contributed by atoms with Crippen LogP contribution >= 0.6 is 0 Å². The van der Waals surface area contributed by atoms with Crippen LogP contribution in [0.4, 0.5) is 11.6 Å². The lowest BCUT2D eigenvalue weighted by Crippen LogP contribution is -2.33. The van der Waals surface area contributed by atoms with Gasteiger partial charge in [0.2, 0.25) is 0 Å². The molecule has 0 aliphatic rings. The van der Waals surface area contributed by atoms with Gasteiger partial charge in [-0.2, -0.15) is 0 Å². The Morgan fingerprint density at radius 3 is 2.37 bits per heavy atom. The fourth-order valence-corrected chi connectivity index (χ4v) is 2.04. The summed E-state index contributed by atoms with van der Waals surface area (Å²) in [5, 5.41) is 16.5. The normalized spacial score (nSPS) is 14.0. The Kier molecular flexibility index (Phi) is 5.54. The Labute approximate surface area is 115 Å². The summed E-state index contributed by atoms with van der Waals surface area (Å²) in [6.07, 6.45) is 2.51. The maximum atomic E-state index is 10.2. The predicted molar refractivity (Wildman–Crippen MR) is 79.7 cm³/mol. The minimum Gasteiger partial charge on any atom is -0.388 e. The molecule has 19 heavy (non-hydrogen) atoms. The van der Waals surface area contributed by atoms with Gasteiger partial charge in [0, 0.05) is 25.6 Å². The summed E-state index contributed by atoms with van der Waals surface area (Å²) >= 11 is 0. The standard InChI is InChI=1S/C14H26N4O/c1-6-8-14(4,19)9-16-13-10(3)12(15-5)17-11(7-2)18-13/h19H,6-9H2,1-5H3,(H2,15,16,17,18). The summed E-state index contributed by atoms with van der Waals surface area (Å²) in [6.45, 7) is 8.41. The number of aryl methyl sites for hydroxylation is 1. The van der Waals surface area contributed by atoms with Crippen molar-refractivity contribution >= 4 is 11.6 Å². The van der Waals surface area contributed by atoms with Gasteiger partial charge in [-0.1, -0.05) is 20.3 Å². The molecule has 0 aromatic carbocycles. The number of nitrogens with one attached hydrogen (secondary N) is 2. The van der Waals surface area contributed by atoms with Crippen LogP contribution in [0.25, 0.3) is 0 Å². The Morgan fingerprint density at radius 2 is 1.84 bits per heavy atom. The van der Waals surface area contributed by atoms with Crippen LogP contribution < -0.4 is 10.6 Å². The average Bonchev–Trinajstić information content (AvgIpc) is 2.37. The minimum absolute atomic E-state index is 0.491. The zero-order valence-electron chi connectivity index (χ0n) is 12.7. The van der Waals surface area contributed by atoms with Gasteiger partial charge in [-0.3, -0.25) is 0 Å². The molecule has 0 radical (unpaired) electrons. The van der Waals surface area contributed by atoms with Gasteiger partial charge in [-0.25, -0.2) is 9.97 Å². The van der Waals surface area contributed by atoms with E-state index in [-0.39, 0.29) is 0 Å². The highest BCUT2D eigenvalue weighted by Gasteiger charge is 2.20. The zero-order chi connectivity index (χ0) is 14.5. The summed E-state index contributed by atoms with van der Waals surface area (Å²) in [5.41, 5.74) is 0.269. The van der Waals surface area contributed by atoms with Crippen LogP contribution in [0.15, 0.2) is 0 Å². The second kappa shape index (κ2) is 6.70. The van der Waals surface area contributed by atoms with Crippen LogP contribution in [-0.2, 0) is 6.42 Å². The monoisotopic (exact) mass is 266 g/mol. The van der Waals surface area contributed by atoms with Crippen LogP contribution in [0.5, 0.6) is 0 Å². The summed E-state index contributed by atoms with van der Waals surface area (Å²) in [5.74, 6) is 2.43. The van der Waals surface area contributed by atoms with Gasteiger partial charge in [0.05, 0.1) is 5.60 Å². The van der Waals surface area contributed by atoms with Gasteiger partial charge in [-0.15, -0.1) is 0 Å². The van der Waals surface area contributed by atoms with Crippen LogP contribution in [0.2, 0.25) is 0 Å². The van der Waals surface area contributed by atoms with E-state index in [2.05, 4.69) is 27.5 Å². The first-order valence-electron chi connectivity index (χ1n) is 6.95. The van der Waals surface area contributed by atoms with Crippen molar-refractivity contribution in [1.29, 1.82) is 0 Å². The molecular weight excluding hydrogens is 240 g/mol. The number of nitrogens with zero attached hydrogens (tertiary/aromatic N) is 2. The van der Waals surface area contributed by atoms with E-state index in [9.17, 15) is 5.11 Å². The van der Waals surface area contributed by atoms with Gasteiger partial charge in [0.25, 0.3) is 0 Å². The Hall–Kier alpha value is -1.36. The SMILES string of the molecule is CCCC(C)(O)CNc1nc(CC)nc(NC)c1C. The Morgan fingerprint density at radius 1 is 1.21 bits per heavy atom. The van der Waals surface area contributed by atoms with Crippen molar-refractivity contribution < 1.29 is 5.11 Å². The van der Waals surface area contributed by atoms with Gasteiger partial charge in [-0.05, 0) is 20.3 Å². The van der Waals surface area contributed by atoms with E-state index in [1.165, 1.54) is 0 Å². The number of anilines is 2. The van der Waals surface area contributed by atoms with Crippen molar-refractivity contribution in [3.8, 4) is 0 Å². The first-order chi connectivity index (χ1) is 8.93. The van der Waals surface area contributed by atoms with E-state index in [1.807, 2.05) is 27.8 Å². The maximum absolute atomic E-state index is 10.2. The van der Waals surface area contributed by atoms with Crippen molar-refractivity contribution in [2.45, 2.75) is 52.6 Å². The molecule has 0 bridgehead atoms. The van der Waals surface area contributed by atoms with Crippen LogP contribution in [0.3, 0.4) is 0 Å². The number of aliphatic hydroxyl groups is 1. The third-order valence-corrected chi connectivity index (χ3v) is 3.17.